The van der Waals surface area contributed by atoms with E-state index in [2.05, 4.69) is 18.0 Å². The van der Waals surface area contributed by atoms with Crippen molar-refractivity contribution >= 4 is 17.7 Å². The van der Waals surface area contributed by atoms with E-state index >= 15 is 4.79 Å². The maximum absolute atomic E-state index is 15.1. The number of aliphatic hydroxyl groups is 2. The van der Waals surface area contributed by atoms with Gasteiger partial charge in [-0.15, -0.1) is 6.58 Å². The standard InChI is InChI=1S/C50H63N3O10/c1-6-23-53(47(56)35-19-21-42-43(28-35)59-32-58-42)44-30-40(52-63-49(3,4)5)38-27-34(17-11-13-24-54)37(18-12-14-25-55)45-39-29-36(61-48(57)51-31-33-15-9-8-10-16-33)20-22-41(39)62-50(44,46(38)45)60-26-7-2/h7-10,15-16,19-22,27-29,34,37,44-46,54-55H,2,6,11-14,17-18,23-26,30-32H2,1,3-5H3,(H,51,57). The summed E-state index contributed by atoms with van der Waals surface area (Å²) in [5.74, 6) is -0.459. The molecule has 2 aliphatic carbocycles. The van der Waals surface area contributed by atoms with Crippen molar-refractivity contribution in [2.24, 2.45) is 22.9 Å². The molecular weight excluding hydrogens is 803 g/mol. The monoisotopic (exact) mass is 865 g/mol. The predicted molar refractivity (Wildman–Crippen MR) is 239 cm³/mol. The van der Waals surface area contributed by atoms with E-state index in [-0.39, 0.29) is 56.7 Å². The Morgan fingerprint density at radius 3 is 2.44 bits per heavy atom. The first kappa shape index (κ1) is 45.6. The molecule has 0 bridgehead atoms. The minimum Gasteiger partial charge on any atom is -0.459 e. The summed E-state index contributed by atoms with van der Waals surface area (Å²) in [6, 6.07) is 19.6. The number of allylic oxidation sites excluding steroid dienone is 1. The fourth-order valence-corrected chi connectivity index (χ4v) is 9.65. The van der Waals surface area contributed by atoms with E-state index in [9.17, 15) is 15.0 Å². The van der Waals surface area contributed by atoms with Crippen molar-refractivity contribution in [2.75, 3.05) is 33.2 Å². The smallest absolute Gasteiger partial charge is 0.412 e. The first-order valence-corrected chi connectivity index (χ1v) is 22.5. The molecule has 0 saturated heterocycles. The van der Waals surface area contributed by atoms with Crippen molar-refractivity contribution in [1.29, 1.82) is 0 Å². The van der Waals surface area contributed by atoms with Gasteiger partial charge in [-0.05, 0) is 112 Å². The van der Waals surface area contributed by atoms with Gasteiger partial charge in [-0.3, -0.25) is 4.79 Å². The van der Waals surface area contributed by atoms with Gasteiger partial charge in [-0.1, -0.05) is 67.4 Å². The summed E-state index contributed by atoms with van der Waals surface area (Å²) in [6.07, 6.45) is 8.73. The molecule has 0 spiro atoms. The summed E-state index contributed by atoms with van der Waals surface area (Å²) in [7, 11) is 0. The number of nitrogens with one attached hydrogen (secondary N) is 1. The molecule has 2 heterocycles. The van der Waals surface area contributed by atoms with E-state index in [1.54, 1.807) is 30.3 Å². The van der Waals surface area contributed by atoms with Crippen LogP contribution in [0.5, 0.6) is 23.0 Å². The van der Waals surface area contributed by atoms with Gasteiger partial charge < -0.3 is 49.0 Å². The van der Waals surface area contributed by atoms with Crippen LogP contribution >= 0.6 is 0 Å². The summed E-state index contributed by atoms with van der Waals surface area (Å²) in [6.45, 7) is 13.0. The number of aliphatic hydroxyl groups excluding tert-OH is 2. The third-order valence-corrected chi connectivity index (χ3v) is 12.3. The third kappa shape index (κ3) is 10.2. The molecule has 0 radical (unpaired) electrons. The number of benzene rings is 3. The highest BCUT2D eigenvalue weighted by Gasteiger charge is 2.65. The van der Waals surface area contributed by atoms with Crippen LogP contribution in [0.2, 0.25) is 0 Å². The molecule has 1 fully saturated rings. The minimum atomic E-state index is -1.44. The fourth-order valence-electron chi connectivity index (χ4n) is 9.65. The third-order valence-electron chi connectivity index (χ3n) is 12.3. The maximum atomic E-state index is 15.1. The number of hydrogen-bond donors (Lipinski definition) is 3. The van der Waals surface area contributed by atoms with E-state index in [4.69, 9.17) is 33.7 Å². The Morgan fingerprint density at radius 2 is 1.71 bits per heavy atom. The highest BCUT2D eigenvalue weighted by molar-refractivity contribution is 6.03. The zero-order valence-electron chi connectivity index (χ0n) is 37.1. The molecular formula is C50H63N3O10. The lowest BCUT2D eigenvalue weighted by atomic mass is 9.55. The number of nitrogens with zero attached hydrogens (tertiary/aromatic N) is 2. The summed E-state index contributed by atoms with van der Waals surface area (Å²) in [5.41, 5.74) is 3.22. The Bertz CT molecular complexity index is 2130. The van der Waals surface area contributed by atoms with Crippen LogP contribution in [-0.4, -0.2) is 83.4 Å². The van der Waals surface area contributed by atoms with E-state index < -0.39 is 29.4 Å². The molecule has 6 atom stereocenters. The normalized spacial score (nSPS) is 23.7. The molecule has 2 aliphatic heterocycles. The zero-order chi connectivity index (χ0) is 44.6. The first-order valence-electron chi connectivity index (χ1n) is 22.5. The van der Waals surface area contributed by atoms with Crippen molar-refractivity contribution in [3.8, 4) is 23.0 Å². The van der Waals surface area contributed by atoms with Crippen LogP contribution in [0.3, 0.4) is 0 Å². The van der Waals surface area contributed by atoms with Crippen molar-refractivity contribution in [1.82, 2.24) is 10.2 Å². The largest absolute Gasteiger partial charge is 0.459 e. The SMILES string of the molecule is C=CCOC12Oc3ccc(OC(=O)NCc4ccccc4)cc3C3C(CCCCO)C(CCCCO)C=C(C(=NOC(C)(C)C)CC1N(CCC)C(=O)c1ccc4c(c1)OCO4)C32. The second-order valence-corrected chi connectivity index (χ2v) is 17.8. The molecule has 0 aromatic heterocycles. The van der Waals surface area contributed by atoms with Gasteiger partial charge in [-0.2, -0.15) is 0 Å². The summed E-state index contributed by atoms with van der Waals surface area (Å²) in [4.78, 5) is 36.5. The van der Waals surface area contributed by atoms with Crippen LogP contribution in [-0.2, 0) is 16.1 Å². The fraction of sp³-hybridized carbons (Fsp3) is 0.500. The number of rotatable bonds is 19. The molecule has 13 nitrogen and oxygen atoms in total. The van der Waals surface area contributed by atoms with Crippen molar-refractivity contribution in [2.45, 2.75) is 109 Å². The molecule has 13 heteroatoms. The van der Waals surface area contributed by atoms with Crippen molar-refractivity contribution in [3.63, 3.8) is 0 Å². The van der Waals surface area contributed by atoms with Crippen LogP contribution in [0.1, 0.15) is 106 Å². The lowest BCUT2D eigenvalue weighted by Gasteiger charge is -2.60. The van der Waals surface area contributed by atoms with Crippen LogP contribution in [0, 0.1) is 17.8 Å². The molecule has 3 aromatic rings. The van der Waals surface area contributed by atoms with Crippen LogP contribution in [0.4, 0.5) is 4.79 Å². The van der Waals surface area contributed by atoms with E-state index in [1.807, 2.05) is 75.1 Å². The second kappa shape index (κ2) is 20.4. The Kier molecular flexibility index (Phi) is 14.8. The summed E-state index contributed by atoms with van der Waals surface area (Å²) in [5, 5.41) is 27.7. The molecule has 4 aliphatic rings. The molecule has 63 heavy (non-hydrogen) atoms. The highest BCUT2D eigenvalue weighted by Crippen LogP contribution is 2.62. The average molecular weight is 866 g/mol. The lowest BCUT2D eigenvalue weighted by Crippen LogP contribution is -2.70. The van der Waals surface area contributed by atoms with Gasteiger partial charge in [0.25, 0.3) is 5.91 Å². The molecule has 338 valence electrons. The predicted octanol–water partition coefficient (Wildman–Crippen LogP) is 8.69. The number of fused-ring (bicyclic) bond motifs is 3. The van der Waals surface area contributed by atoms with Crippen LogP contribution < -0.4 is 24.3 Å². The number of carbonyl (C=O) groups is 2. The Labute approximate surface area is 371 Å². The number of amides is 2. The second-order valence-electron chi connectivity index (χ2n) is 17.8. The van der Waals surface area contributed by atoms with E-state index in [0.29, 0.717) is 66.6 Å². The van der Waals surface area contributed by atoms with E-state index in [0.717, 1.165) is 42.4 Å². The first-order chi connectivity index (χ1) is 30.5. The molecule has 1 saturated carbocycles. The van der Waals surface area contributed by atoms with Gasteiger partial charge in [0.2, 0.25) is 12.6 Å². The van der Waals surface area contributed by atoms with Gasteiger partial charge in [0.15, 0.2) is 11.5 Å². The van der Waals surface area contributed by atoms with Crippen LogP contribution in [0.25, 0.3) is 0 Å². The highest BCUT2D eigenvalue weighted by atomic mass is 16.7. The van der Waals surface area contributed by atoms with Crippen molar-refractivity contribution < 1.29 is 48.3 Å². The quantitative estimate of drug-likeness (QED) is 0.0605. The number of carbonyl (C=O) groups excluding carboxylic acids is 2. The Balaban J connectivity index is 1.40. The summed E-state index contributed by atoms with van der Waals surface area (Å²) >= 11 is 0. The van der Waals surface area contributed by atoms with Crippen molar-refractivity contribution in [3.05, 3.63) is 108 Å². The number of oxime groups is 1. The Morgan fingerprint density at radius 1 is 0.968 bits per heavy atom. The Hall–Kier alpha value is -5.37. The van der Waals surface area contributed by atoms with Gasteiger partial charge in [0.05, 0.1) is 18.2 Å². The number of unbranched alkanes of at least 4 members (excludes halogenated alkanes) is 2. The van der Waals surface area contributed by atoms with Gasteiger partial charge >= 0.3 is 6.09 Å². The average Bonchev–Trinajstić information content (AvgIpc) is 3.76. The molecule has 6 unspecified atom stereocenters. The maximum Gasteiger partial charge on any atom is 0.412 e. The number of hydrogen-bond acceptors (Lipinski definition) is 11. The van der Waals surface area contributed by atoms with Gasteiger partial charge in [0.1, 0.15) is 23.1 Å². The zero-order valence-corrected chi connectivity index (χ0v) is 37.1. The van der Waals surface area contributed by atoms with Gasteiger partial charge in [0, 0.05) is 49.8 Å². The van der Waals surface area contributed by atoms with E-state index in [1.165, 1.54) is 0 Å². The van der Waals surface area contributed by atoms with Crippen LogP contribution in [0.15, 0.2) is 96.2 Å². The number of ether oxygens (including phenoxy) is 5. The summed E-state index contributed by atoms with van der Waals surface area (Å²) < 4.78 is 31.7. The molecule has 7 rings (SSSR count). The lowest BCUT2D eigenvalue weighted by molar-refractivity contribution is -0.254. The minimum absolute atomic E-state index is 0.00627. The van der Waals surface area contributed by atoms with Gasteiger partial charge in [-0.25, -0.2) is 4.79 Å². The molecule has 3 N–H and O–H groups in total. The molecule has 2 amide bonds. The topological polar surface area (TPSA) is 158 Å². The molecule has 3 aromatic carbocycles.